The molecule has 0 saturated carbocycles. The molecular weight excluding hydrogens is 386 g/mol. The Morgan fingerprint density at radius 1 is 1.23 bits per heavy atom. The number of nitrogens with zero attached hydrogens (tertiary/aromatic N) is 7. The van der Waals surface area contributed by atoms with E-state index in [0.717, 1.165) is 39.5 Å². The second-order valence-corrected chi connectivity index (χ2v) is 7.01. The van der Waals surface area contributed by atoms with Gasteiger partial charge in [0.1, 0.15) is 0 Å². The Bertz CT molecular complexity index is 1190. The molecule has 154 valence electrons. The molecule has 0 bridgehead atoms. The minimum atomic E-state index is 0.0390. The molecule has 5 rings (SSSR count). The average Bonchev–Trinajstić information content (AvgIpc) is 3.48. The van der Waals surface area contributed by atoms with E-state index in [1.165, 1.54) is 0 Å². The summed E-state index contributed by atoms with van der Waals surface area (Å²) < 4.78 is 8.80. The van der Waals surface area contributed by atoms with Gasteiger partial charge in [-0.25, -0.2) is 14.5 Å². The van der Waals surface area contributed by atoms with Gasteiger partial charge in [0, 0.05) is 30.6 Å². The Balaban J connectivity index is 1.41. The number of aliphatic hydroxyl groups is 1. The number of ether oxygens (including phenoxy) is 1. The van der Waals surface area contributed by atoms with E-state index in [0.29, 0.717) is 19.7 Å². The van der Waals surface area contributed by atoms with Gasteiger partial charge in [-0.15, -0.1) is 0 Å². The molecule has 0 atom stereocenters. The van der Waals surface area contributed by atoms with E-state index >= 15 is 0 Å². The molecular formula is C19H22N9O2+. The molecule has 0 aliphatic carbocycles. The van der Waals surface area contributed by atoms with Gasteiger partial charge in [-0.1, -0.05) is 5.53 Å². The molecule has 11 heteroatoms. The van der Waals surface area contributed by atoms with Gasteiger partial charge < -0.3 is 9.84 Å². The topological polar surface area (TPSA) is 122 Å². The molecule has 4 aromatic heterocycles. The SMILES string of the molecule is COCc1cnn2ccc(CN3N[NH2+]c4ncc(-c5cnn(CCO)c5)nc43)cc12. The van der Waals surface area contributed by atoms with Crippen molar-refractivity contribution < 1.29 is 15.3 Å². The van der Waals surface area contributed by atoms with Crippen molar-refractivity contribution in [1.29, 1.82) is 0 Å². The Kier molecular flexibility index (Phi) is 4.85. The van der Waals surface area contributed by atoms with Crippen LogP contribution in [0.25, 0.3) is 16.8 Å². The van der Waals surface area contributed by atoms with Gasteiger partial charge in [-0.3, -0.25) is 4.68 Å². The van der Waals surface area contributed by atoms with E-state index in [1.54, 1.807) is 24.2 Å². The van der Waals surface area contributed by atoms with E-state index in [-0.39, 0.29) is 6.61 Å². The summed E-state index contributed by atoms with van der Waals surface area (Å²) >= 11 is 0. The number of aliphatic hydroxyl groups excluding tert-OH is 1. The summed E-state index contributed by atoms with van der Waals surface area (Å²) in [5.41, 5.74) is 9.84. The normalized spacial score (nSPS) is 13.3. The van der Waals surface area contributed by atoms with Gasteiger partial charge in [-0.2, -0.15) is 20.6 Å². The third-order valence-corrected chi connectivity index (χ3v) is 4.96. The molecule has 1 aliphatic rings. The van der Waals surface area contributed by atoms with Crippen LogP contribution in [0.5, 0.6) is 0 Å². The Labute approximate surface area is 171 Å². The highest BCUT2D eigenvalue weighted by Gasteiger charge is 2.27. The molecule has 11 nitrogen and oxygen atoms in total. The second-order valence-electron chi connectivity index (χ2n) is 7.01. The third kappa shape index (κ3) is 3.39. The van der Waals surface area contributed by atoms with Crippen molar-refractivity contribution in [1.82, 2.24) is 34.9 Å². The lowest BCUT2D eigenvalue weighted by atomic mass is 10.2. The van der Waals surface area contributed by atoms with Gasteiger partial charge in [0.2, 0.25) is 5.82 Å². The minimum absolute atomic E-state index is 0.0390. The number of methoxy groups -OCH3 is 1. The van der Waals surface area contributed by atoms with Crippen LogP contribution in [-0.4, -0.2) is 48.2 Å². The van der Waals surface area contributed by atoms with E-state index < -0.39 is 0 Å². The Morgan fingerprint density at radius 3 is 3.03 bits per heavy atom. The summed E-state index contributed by atoms with van der Waals surface area (Å²) in [6.07, 6.45) is 9.09. The molecule has 4 aromatic rings. The van der Waals surface area contributed by atoms with Gasteiger partial charge in [0.05, 0.1) is 56.1 Å². The zero-order valence-electron chi connectivity index (χ0n) is 16.4. The molecule has 0 saturated heterocycles. The number of hydrogen-bond donors (Lipinski definition) is 3. The van der Waals surface area contributed by atoms with E-state index in [1.807, 2.05) is 39.6 Å². The molecule has 0 fully saturated rings. The zero-order chi connectivity index (χ0) is 20.5. The van der Waals surface area contributed by atoms with Crippen LogP contribution in [0.3, 0.4) is 0 Å². The van der Waals surface area contributed by atoms with Crippen LogP contribution in [0, 0.1) is 0 Å². The van der Waals surface area contributed by atoms with Crippen molar-refractivity contribution in [2.24, 2.45) is 0 Å². The molecule has 30 heavy (non-hydrogen) atoms. The lowest BCUT2D eigenvalue weighted by Crippen LogP contribution is -2.88. The fraction of sp³-hybridized carbons (Fsp3) is 0.263. The first-order chi connectivity index (χ1) is 14.7. The average molecular weight is 408 g/mol. The molecule has 0 spiro atoms. The minimum Gasteiger partial charge on any atom is -0.394 e. The van der Waals surface area contributed by atoms with Crippen molar-refractivity contribution >= 4 is 17.2 Å². The summed E-state index contributed by atoms with van der Waals surface area (Å²) in [6, 6.07) is 4.14. The van der Waals surface area contributed by atoms with E-state index in [9.17, 15) is 0 Å². The van der Waals surface area contributed by atoms with Crippen LogP contribution in [0.2, 0.25) is 0 Å². The molecule has 0 unspecified atom stereocenters. The van der Waals surface area contributed by atoms with Crippen molar-refractivity contribution in [3.8, 4) is 11.3 Å². The summed E-state index contributed by atoms with van der Waals surface area (Å²) in [4.78, 5) is 9.31. The first-order valence-corrected chi connectivity index (χ1v) is 9.57. The largest absolute Gasteiger partial charge is 0.394 e. The number of aromatic nitrogens is 6. The lowest BCUT2D eigenvalue weighted by molar-refractivity contribution is -0.629. The quantitative estimate of drug-likeness (QED) is 0.358. The van der Waals surface area contributed by atoms with Crippen LogP contribution in [0.15, 0.2) is 43.1 Å². The van der Waals surface area contributed by atoms with Gasteiger partial charge >= 0.3 is 0 Å². The zero-order valence-corrected chi connectivity index (χ0v) is 16.4. The Hall–Kier alpha value is -3.38. The van der Waals surface area contributed by atoms with Crippen LogP contribution in [0.1, 0.15) is 11.1 Å². The highest BCUT2D eigenvalue weighted by molar-refractivity contribution is 5.63. The highest BCUT2D eigenvalue weighted by Crippen LogP contribution is 2.25. The highest BCUT2D eigenvalue weighted by atomic mass is 16.5. The molecule has 0 amide bonds. The van der Waals surface area contributed by atoms with E-state index in [2.05, 4.69) is 26.8 Å². The molecule has 1 aliphatic heterocycles. The van der Waals surface area contributed by atoms with Crippen molar-refractivity contribution in [3.05, 3.63) is 54.2 Å². The number of quaternary nitrogens is 1. The van der Waals surface area contributed by atoms with Crippen molar-refractivity contribution in [2.45, 2.75) is 19.7 Å². The Morgan fingerprint density at radius 2 is 2.17 bits per heavy atom. The number of nitrogens with two attached hydrogens (primary N) is 1. The van der Waals surface area contributed by atoms with Crippen LogP contribution in [-0.2, 0) is 24.4 Å². The maximum Gasteiger partial charge on any atom is 0.290 e. The number of fused-ring (bicyclic) bond motifs is 2. The fourth-order valence-electron chi connectivity index (χ4n) is 3.49. The second kappa shape index (κ2) is 7.80. The maximum atomic E-state index is 9.08. The van der Waals surface area contributed by atoms with Gasteiger partial charge in [0.25, 0.3) is 5.82 Å². The summed E-state index contributed by atoms with van der Waals surface area (Å²) in [7, 11) is 1.68. The first kappa shape index (κ1) is 18.6. The molecule has 4 N–H and O–H groups in total. The van der Waals surface area contributed by atoms with Crippen LogP contribution in [0.4, 0.5) is 11.6 Å². The fourth-order valence-corrected chi connectivity index (χ4v) is 3.49. The predicted molar refractivity (Wildman–Crippen MR) is 107 cm³/mol. The number of rotatable bonds is 7. The molecule has 0 radical (unpaired) electrons. The van der Waals surface area contributed by atoms with Crippen molar-refractivity contribution in [3.63, 3.8) is 0 Å². The standard InChI is InChI=1S/C19H21N9O2/c1-30-12-15-8-22-27-3-2-13(6-17(15)27)10-28-19-18(24-25-28)20-9-16(23-19)14-7-21-26(11-14)4-5-29/h2-3,6-9,11,25,29H,4-5,10,12H2,1H3,(H,20,24)/p+1. The first-order valence-electron chi connectivity index (χ1n) is 9.57. The lowest BCUT2D eigenvalue weighted by Gasteiger charge is -2.14. The number of hydrogen-bond acceptors (Lipinski definition) is 8. The summed E-state index contributed by atoms with van der Waals surface area (Å²) in [5, 5.41) is 19.6. The third-order valence-electron chi connectivity index (χ3n) is 4.96. The molecule has 5 heterocycles. The maximum absolute atomic E-state index is 9.08. The van der Waals surface area contributed by atoms with E-state index in [4.69, 9.17) is 14.8 Å². The summed E-state index contributed by atoms with van der Waals surface area (Å²) in [5.74, 6) is 1.54. The smallest absolute Gasteiger partial charge is 0.290 e. The van der Waals surface area contributed by atoms with Gasteiger partial charge in [-0.05, 0) is 17.7 Å². The van der Waals surface area contributed by atoms with Gasteiger partial charge in [0.15, 0.2) is 0 Å². The number of nitrogens with one attached hydrogen (secondary N) is 1. The van der Waals surface area contributed by atoms with Crippen molar-refractivity contribution in [2.75, 3.05) is 18.7 Å². The van der Waals surface area contributed by atoms with Crippen LogP contribution >= 0.6 is 0 Å². The summed E-state index contributed by atoms with van der Waals surface area (Å²) in [6.45, 7) is 1.61. The number of pyridine rings is 1. The monoisotopic (exact) mass is 408 g/mol. The number of anilines is 1. The van der Waals surface area contributed by atoms with Crippen LogP contribution < -0.4 is 16.0 Å². The number of hydrazine groups is 1. The predicted octanol–water partition coefficient (Wildman–Crippen LogP) is -0.239. The molecule has 0 aromatic carbocycles.